The Morgan fingerprint density at radius 2 is 2.04 bits per heavy atom. The van der Waals surface area contributed by atoms with Gasteiger partial charge in [0.05, 0.1) is 17.3 Å². The summed E-state index contributed by atoms with van der Waals surface area (Å²) in [7, 11) is 1.85. The average Bonchev–Trinajstić information content (AvgIpc) is 2.96. The second kappa shape index (κ2) is 5.59. The summed E-state index contributed by atoms with van der Waals surface area (Å²) < 4.78 is 4.18. The SMILES string of the molecule is Cc1nc2nn(C)cc2cc1-n1nc(I)c(C(C)C(=O)O)c1C. The first-order valence-electron chi connectivity index (χ1n) is 7.08. The molecule has 3 aromatic rings. The Morgan fingerprint density at radius 1 is 1.35 bits per heavy atom. The van der Waals surface area contributed by atoms with Crippen molar-refractivity contribution in [1.29, 1.82) is 0 Å². The highest BCUT2D eigenvalue weighted by molar-refractivity contribution is 14.1. The number of carbonyl (C=O) groups is 1. The second-order valence-corrected chi connectivity index (χ2v) is 6.59. The summed E-state index contributed by atoms with van der Waals surface area (Å²) in [5.74, 6) is -1.46. The van der Waals surface area contributed by atoms with E-state index >= 15 is 0 Å². The Labute approximate surface area is 146 Å². The van der Waals surface area contributed by atoms with Crippen LogP contribution < -0.4 is 0 Å². The van der Waals surface area contributed by atoms with Crippen LogP contribution >= 0.6 is 22.6 Å². The zero-order valence-electron chi connectivity index (χ0n) is 13.2. The smallest absolute Gasteiger partial charge is 0.310 e. The van der Waals surface area contributed by atoms with Crippen molar-refractivity contribution in [1.82, 2.24) is 24.5 Å². The number of nitrogens with zero attached hydrogens (tertiary/aromatic N) is 5. The Morgan fingerprint density at radius 3 is 2.70 bits per heavy atom. The van der Waals surface area contributed by atoms with E-state index in [0.29, 0.717) is 9.35 Å². The number of pyridine rings is 1. The molecular formula is C15H16IN5O2. The third-order valence-electron chi connectivity index (χ3n) is 3.92. The maximum atomic E-state index is 11.3. The third-order valence-corrected chi connectivity index (χ3v) is 4.72. The molecule has 23 heavy (non-hydrogen) atoms. The fourth-order valence-electron chi connectivity index (χ4n) is 2.70. The van der Waals surface area contributed by atoms with Crippen LogP contribution in [0.2, 0.25) is 0 Å². The largest absolute Gasteiger partial charge is 0.481 e. The van der Waals surface area contributed by atoms with Crippen LogP contribution in [0.4, 0.5) is 0 Å². The molecule has 0 amide bonds. The van der Waals surface area contributed by atoms with Crippen LogP contribution in [0.25, 0.3) is 16.7 Å². The van der Waals surface area contributed by atoms with Crippen molar-refractivity contribution in [2.75, 3.05) is 0 Å². The van der Waals surface area contributed by atoms with E-state index in [0.717, 1.165) is 28.0 Å². The van der Waals surface area contributed by atoms with E-state index in [1.165, 1.54) is 0 Å². The van der Waals surface area contributed by atoms with Crippen molar-refractivity contribution in [2.45, 2.75) is 26.7 Å². The number of hydrogen-bond acceptors (Lipinski definition) is 4. The van der Waals surface area contributed by atoms with E-state index in [1.54, 1.807) is 16.3 Å². The first kappa shape index (κ1) is 15.9. The molecule has 0 saturated heterocycles. The summed E-state index contributed by atoms with van der Waals surface area (Å²) >= 11 is 2.08. The van der Waals surface area contributed by atoms with Crippen molar-refractivity contribution in [2.24, 2.45) is 7.05 Å². The summed E-state index contributed by atoms with van der Waals surface area (Å²) in [6.45, 7) is 5.46. The van der Waals surface area contributed by atoms with Crippen molar-refractivity contribution in [3.63, 3.8) is 0 Å². The van der Waals surface area contributed by atoms with Gasteiger partial charge in [-0.05, 0) is 49.4 Å². The lowest BCUT2D eigenvalue weighted by atomic mass is 10.0. The highest BCUT2D eigenvalue weighted by atomic mass is 127. The van der Waals surface area contributed by atoms with Crippen LogP contribution in [0.15, 0.2) is 12.3 Å². The van der Waals surface area contributed by atoms with Crippen molar-refractivity contribution >= 4 is 39.6 Å². The molecule has 3 rings (SSSR count). The van der Waals surface area contributed by atoms with E-state index in [1.807, 2.05) is 33.2 Å². The van der Waals surface area contributed by atoms with Gasteiger partial charge in [0.15, 0.2) is 5.65 Å². The molecule has 1 atom stereocenters. The second-order valence-electron chi connectivity index (χ2n) is 5.57. The van der Waals surface area contributed by atoms with E-state index in [2.05, 4.69) is 37.8 Å². The van der Waals surface area contributed by atoms with Gasteiger partial charge in [0.1, 0.15) is 3.70 Å². The van der Waals surface area contributed by atoms with Gasteiger partial charge in [-0.25, -0.2) is 9.67 Å². The van der Waals surface area contributed by atoms with E-state index in [9.17, 15) is 9.90 Å². The third kappa shape index (κ3) is 2.60. The summed E-state index contributed by atoms with van der Waals surface area (Å²) in [5.41, 5.74) is 3.88. The molecular weight excluding hydrogens is 409 g/mol. The van der Waals surface area contributed by atoms with Gasteiger partial charge in [-0.3, -0.25) is 9.48 Å². The molecule has 7 nitrogen and oxygen atoms in total. The van der Waals surface area contributed by atoms with Crippen LogP contribution in [0.1, 0.15) is 29.8 Å². The number of aromatic nitrogens is 5. The predicted octanol–water partition coefficient (Wildman–Crippen LogP) is 2.56. The minimum Gasteiger partial charge on any atom is -0.481 e. The number of hydrogen-bond donors (Lipinski definition) is 1. The molecule has 0 radical (unpaired) electrons. The number of carboxylic acid groups (broad SMARTS) is 1. The maximum absolute atomic E-state index is 11.3. The number of halogens is 1. The molecule has 3 aromatic heterocycles. The predicted molar refractivity (Wildman–Crippen MR) is 93.9 cm³/mol. The van der Waals surface area contributed by atoms with Crippen molar-refractivity contribution < 1.29 is 9.90 Å². The monoisotopic (exact) mass is 425 g/mol. The molecule has 0 fully saturated rings. The minimum atomic E-state index is -0.858. The summed E-state index contributed by atoms with van der Waals surface area (Å²) in [6, 6.07) is 1.98. The summed E-state index contributed by atoms with van der Waals surface area (Å²) in [6.07, 6.45) is 1.90. The van der Waals surface area contributed by atoms with Gasteiger partial charge in [0.25, 0.3) is 0 Å². The fraction of sp³-hybridized carbons (Fsp3) is 0.333. The summed E-state index contributed by atoms with van der Waals surface area (Å²) in [4.78, 5) is 15.9. The molecule has 0 spiro atoms. The van der Waals surface area contributed by atoms with E-state index in [-0.39, 0.29) is 0 Å². The number of aryl methyl sites for hydroxylation is 2. The van der Waals surface area contributed by atoms with Gasteiger partial charge in [0, 0.05) is 29.9 Å². The average molecular weight is 425 g/mol. The van der Waals surface area contributed by atoms with Gasteiger partial charge >= 0.3 is 5.97 Å². The Kier molecular flexibility index (Phi) is 3.86. The van der Waals surface area contributed by atoms with Crippen LogP contribution in [0, 0.1) is 17.5 Å². The van der Waals surface area contributed by atoms with Crippen molar-refractivity contribution in [3.05, 3.63) is 32.9 Å². The highest BCUT2D eigenvalue weighted by Crippen LogP contribution is 2.28. The molecule has 0 aliphatic heterocycles. The van der Waals surface area contributed by atoms with Crippen LogP contribution in [-0.4, -0.2) is 35.6 Å². The fourth-order valence-corrected chi connectivity index (χ4v) is 3.77. The number of carboxylic acids is 1. The molecule has 0 aromatic carbocycles. The van der Waals surface area contributed by atoms with Gasteiger partial charge in [-0.1, -0.05) is 0 Å². The zero-order chi connectivity index (χ0) is 16.9. The Balaban J connectivity index is 2.21. The van der Waals surface area contributed by atoms with E-state index < -0.39 is 11.9 Å². The molecule has 0 aliphatic carbocycles. The topological polar surface area (TPSA) is 85.8 Å². The molecule has 0 saturated carbocycles. The van der Waals surface area contributed by atoms with E-state index in [4.69, 9.17) is 0 Å². The lowest BCUT2D eigenvalue weighted by Gasteiger charge is -2.09. The first-order valence-corrected chi connectivity index (χ1v) is 8.16. The maximum Gasteiger partial charge on any atom is 0.310 e. The van der Waals surface area contributed by atoms with Crippen LogP contribution in [-0.2, 0) is 11.8 Å². The number of rotatable bonds is 3. The standard InChI is InChI=1S/C15H16IN5O2/c1-7(15(22)23)12-9(3)21(18-13(12)16)11-5-10-6-20(4)19-14(10)17-8(11)2/h5-7H,1-4H3,(H,22,23). The zero-order valence-corrected chi connectivity index (χ0v) is 15.4. The van der Waals surface area contributed by atoms with Gasteiger partial charge < -0.3 is 5.11 Å². The Hall–Kier alpha value is -1.97. The van der Waals surface area contributed by atoms with Crippen LogP contribution in [0.5, 0.6) is 0 Å². The van der Waals surface area contributed by atoms with Crippen molar-refractivity contribution in [3.8, 4) is 5.69 Å². The highest BCUT2D eigenvalue weighted by Gasteiger charge is 2.25. The molecule has 1 N–H and O–H groups in total. The molecule has 120 valence electrons. The Bertz CT molecular complexity index is 928. The van der Waals surface area contributed by atoms with Gasteiger partial charge in [0.2, 0.25) is 0 Å². The minimum absolute atomic E-state index is 0.606. The van der Waals surface area contributed by atoms with Gasteiger partial charge in [-0.15, -0.1) is 0 Å². The first-order chi connectivity index (χ1) is 10.8. The lowest BCUT2D eigenvalue weighted by molar-refractivity contribution is -0.138. The number of fused-ring (bicyclic) bond motifs is 1. The molecule has 3 heterocycles. The quantitative estimate of drug-likeness (QED) is 0.652. The molecule has 0 aliphatic rings. The molecule has 1 unspecified atom stereocenters. The molecule has 0 bridgehead atoms. The molecule has 8 heteroatoms. The van der Waals surface area contributed by atoms with Crippen LogP contribution in [0.3, 0.4) is 0 Å². The normalized spacial score (nSPS) is 12.7. The lowest BCUT2D eigenvalue weighted by Crippen LogP contribution is -2.10. The summed E-state index contributed by atoms with van der Waals surface area (Å²) in [5, 5.41) is 19.1. The van der Waals surface area contributed by atoms with Gasteiger partial charge in [-0.2, -0.15) is 10.2 Å². The number of aliphatic carboxylic acids is 1.